The molecule has 4 rings (SSSR count). The highest BCUT2D eigenvalue weighted by Gasteiger charge is 2.13. The summed E-state index contributed by atoms with van der Waals surface area (Å²) in [7, 11) is 1.97. The molecule has 26 heavy (non-hydrogen) atoms. The molecule has 0 aliphatic heterocycles. The molecule has 4 nitrogen and oxygen atoms in total. The van der Waals surface area contributed by atoms with E-state index in [0.29, 0.717) is 11.1 Å². The van der Waals surface area contributed by atoms with E-state index in [4.69, 9.17) is 0 Å². The van der Waals surface area contributed by atoms with Gasteiger partial charge >= 0.3 is 0 Å². The molecule has 0 fully saturated rings. The molecule has 0 saturated heterocycles. The molecule has 0 bridgehead atoms. The number of aldehydes is 2. The first-order chi connectivity index (χ1) is 12.7. The molecule has 4 heteroatoms. The largest absolute Gasteiger partial charge is 0.333 e. The fourth-order valence-corrected chi connectivity index (χ4v) is 3.22. The zero-order valence-electron chi connectivity index (χ0n) is 14.2. The van der Waals surface area contributed by atoms with Crippen molar-refractivity contribution in [2.75, 3.05) is 0 Å². The van der Waals surface area contributed by atoms with Crippen LogP contribution in [0.1, 0.15) is 20.7 Å². The summed E-state index contributed by atoms with van der Waals surface area (Å²) < 4.78 is 2.00. The lowest BCUT2D eigenvalue weighted by atomic mass is 9.97. The maximum Gasteiger partial charge on any atom is 0.150 e. The molecule has 0 amide bonds. The molecule has 0 N–H and O–H groups in total. The summed E-state index contributed by atoms with van der Waals surface area (Å²) in [5, 5.41) is 0. The van der Waals surface area contributed by atoms with Crippen molar-refractivity contribution in [3.8, 4) is 22.3 Å². The second kappa shape index (κ2) is 6.41. The highest BCUT2D eigenvalue weighted by Crippen LogP contribution is 2.34. The molecule has 0 saturated carbocycles. The topological polar surface area (TPSA) is 52.0 Å². The van der Waals surface area contributed by atoms with Crippen LogP contribution in [-0.4, -0.2) is 22.1 Å². The molecule has 0 atom stereocenters. The van der Waals surface area contributed by atoms with Gasteiger partial charge in [0.2, 0.25) is 0 Å². The Bertz CT molecular complexity index is 1110. The SMILES string of the molecule is Cn1cnc2c(-c3ccc(C=O)cc3)ccc(-c3ccc(C=O)cc3)c21. The van der Waals surface area contributed by atoms with Crippen molar-refractivity contribution in [1.29, 1.82) is 0 Å². The maximum atomic E-state index is 10.9. The van der Waals surface area contributed by atoms with E-state index >= 15 is 0 Å². The van der Waals surface area contributed by atoms with Gasteiger partial charge in [-0.05, 0) is 11.1 Å². The summed E-state index contributed by atoms with van der Waals surface area (Å²) in [6.45, 7) is 0. The zero-order valence-corrected chi connectivity index (χ0v) is 14.2. The van der Waals surface area contributed by atoms with Crippen molar-refractivity contribution >= 4 is 23.6 Å². The lowest BCUT2D eigenvalue weighted by Crippen LogP contribution is -1.91. The monoisotopic (exact) mass is 340 g/mol. The van der Waals surface area contributed by atoms with E-state index in [1.807, 2.05) is 66.2 Å². The third-order valence-electron chi connectivity index (χ3n) is 4.58. The number of imidazole rings is 1. The molecule has 1 aromatic heterocycles. The molecule has 0 radical (unpaired) electrons. The second-order valence-electron chi connectivity index (χ2n) is 6.19. The fourth-order valence-electron chi connectivity index (χ4n) is 3.22. The molecule has 3 aromatic carbocycles. The van der Waals surface area contributed by atoms with Crippen molar-refractivity contribution in [3.63, 3.8) is 0 Å². The summed E-state index contributed by atoms with van der Waals surface area (Å²) >= 11 is 0. The Hall–Kier alpha value is -3.53. The summed E-state index contributed by atoms with van der Waals surface area (Å²) in [6.07, 6.45) is 3.49. The third-order valence-corrected chi connectivity index (χ3v) is 4.58. The molecule has 0 aliphatic rings. The average molecular weight is 340 g/mol. The van der Waals surface area contributed by atoms with Crippen LogP contribution in [0.3, 0.4) is 0 Å². The summed E-state index contributed by atoms with van der Waals surface area (Å²) in [5.41, 5.74) is 7.37. The van der Waals surface area contributed by atoms with Gasteiger partial charge in [0.25, 0.3) is 0 Å². The van der Waals surface area contributed by atoms with Crippen LogP contribution < -0.4 is 0 Å². The van der Waals surface area contributed by atoms with Gasteiger partial charge in [-0.1, -0.05) is 60.7 Å². The lowest BCUT2D eigenvalue weighted by Gasteiger charge is -2.10. The van der Waals surface area contributed by atoms with Gasteiger partial charge in [0.15, 0.2) is 0 Å². The van der Waals surface area contributed by atoms with Crippen molar-refractivity contribution < 1.29 is 9.59 Å². The van der Waals surface area contributed by atoms with E-state index < -0.39 is 0 Å². The van der Waals surface area contributed by atoms with Gasteiger partial charge in [-0.2, -0.15) is 0 Å². The number of aryl methyl sites for hydroxylation is 1. The Morgan fingerprint density at radius 3 is 1.77 bits per heavy atom. The number of hydrogen-bond donors (Lipinski definition) is 0. The lowest BCUT2D eigenvalue weighted by molar-refractivity contribution is 0.111. The molecule has 4 aromatic rings. The number of benzene rings is 3. The van der Waals surface area contributed by atoms with Gasteiger partial charge in [-0.15, -0.1) is 0 Å². The van der Waals surface area contributed by atoms with Crippen LogP contribution in [0.4, 0.5) is 0 Å². The standard InChI is InChI=1S/C22H16N2O2/c1-24-14-23-21-19(17-6-2-15(12-25)3-7-17)10-11-20(22(21)24)18-8-4-16(13-26)5-9-18/h2-14H,1H3. The van der Waals surface area contributed by atoms with Crippen molar-refractivity contribution in [1.82, 2.24) is 9.55 Å². The fraction of sp³-hybridized carbons (Fsp3) is 0.0455. The number of carbonyl (C=O) groups excluding carboxylic acids is 2. The van der Waals surface area contributed by atoms with Gasteiger partial charge in [-0.3, -0.25) is 9.59 Å². The predicted molar refractivity (Wildman–Crippen MR) is 102 cm³/mol. The van der Waals surface area contributed by atoms with E-state index in [1.54, 1.807) is 6.33 Å². The minimum absolute atomic E-state index is 0.651. The number of rotatable bonds is 4. The molecule has 1 heterocycles. The number of hydrogen-bond acceptors (Lipinski definition) is 3. The van der Waals surface area contributed by atoms with Crippen molar-refractivity contribution in [2.24, 2.45) is 7.05 Å². The van der Waals surface area contributed by atoms with E-state index in [2.05, 4.69) is 11.1 Å². The van der Waals surface area contributed by atoms with E-state index in [1.165, 1.54) is 0 Å². The third kappa shape index (κ3) is 2.62. The Balaban J connectivity index is 1.90. The van der Waals surface area contributed by atoms with Gasteiger partial charge in [0.05, 0.1) is 17.4 Å². The minimum Gasteiger partial charge on any atom is -0.333 e. The van der Waals surface area contributed by atoms with Crippen LogP contribution in [0.2, 0.25) is 0 Å². The van der Waals surface area contributed by atoms with Gasteiger partial charge in [0, 0.05) is 29.3 Å². The highest BCUT2D eigenvalue weighted by atomic mass is 16.1. The van der Waals surface area contributed by atoms with Crippen LogP contribution in [0.5, 0.6) is 0 Å². The number of nitrogens with zero attached hydrogens (tertiary/aromatic N) is 2. The normalized spacial score (nSPS) is 10.8. The first-order valence-electron chi connectivity index (χ1n) is 8.26. The maximum absolute atomic E-state index is 10.9. The summed E-state index contributed by atoms with van der Waals surface area (Å²) in [6, 6.07) is 19.1. The van der Waals surface area contributed by atoms with Crippen LogP contribution >= 0.6 is 0 Å². The number of aromatic nitrogens is 2. The Morgan fingerprint density at radius 1 is 0.731 bits per heavy atom. The van der Waals surface area contributed by atoms with Crippen molar-refractivity contribution in [3.05, 3.63) is 78.1 Å². The molecular weight excluding hydrogens is 324 g/mol. The molecule has 126 valence electrons. The summed E-state index contributed by atoms with van der Waals surface area (Å²) in [5.74, 6) is 0. The predicted octanol–water partition coefficient (Wildman–Crippen LogP) is 4.53. The zero-order chi connectivity index (χ0) is 18.1. The van der Waals surface area contributed by atoms with Crippen LogP contribution in [0.15, 0.2) is 67.0 Å². The van der Waals surface area contributed by atoms with E-state index in [9.17, 15) is 9.59 Å². The first kappa shape index (κ1) is 16.0. The number of carbonyl (C=O) groups is 2. The number of fused-ring (bicyclic) bond motifs is 1. The van der Waals surface area contributed by atoms with Gasteiger partial charge in [0.1, 0.15) is 12.6 Å². The van der Waals surface area contributed by atoms with Gasteiger partial charge in [-0.25, -0.2) is 4.98 Å². The molecule has 0 aliphatic carbocycles. The van der Waals surface area contributed by atoms with Crippen LogP contribution in [-0.2, 0) is 7.05 Å². The average Bonchev–Trinajstić information content (AvgIpc) is 3.09. The molecular formula is C22H16N2O2. The Labute approximate surface area is 150 Å². The second-order valence-corrected chi connectivity index (χ2v) is 6.19. The van der Waals surface area contributed by atoms with E-state index in [0.717, 1.165) is 45.9 Å². The molecule has 0 unspecified atom stereocenters. The molecule has 0 spiro atoms. The highest BCUT2D eigenvalue weighted by molar-refractivity contribution is 6.01. The smallest absolute Gasteiger partial charge is 0.150 e. The van der Waals surface area contributed by atoms with Crippen LogP contribution in [0, 0.1) is 0 Å². The van der Waals surface area contributed by atoms with E-state index in [-0.39, 0.29) is 0 Å². The Kier molecular flexibility index (Phi) is 3.93. The van der Waals surface area contributed by atoms with Crippen LogP contribution in [0.25, 0.3) is 33.3 Å². The summed E-state index contributed by atoms with van der Waals surface area (Å²) in [4.78, 5) is 26.4. The van der Waals surface area contributed by atoms with Crippen molar-refractivity contribution in [2.45, 2.75) is 0 Å². The Morgan fingerprint density at radius 2 is 1.23 bits per heavy atom. The minimum atomic E-state index is 0.651. The first-order valence-corrected chi connectivity index (χ1v) is 8.26. The van der Waals surface area contributed by atoms with Gasteiger partial charge < -0.3 is 4.57 Å². The quantitative estimate of drug-likeness (QED) is 0.513.